The number of rotatable bonds is 5. The van der Waals surface area contributed by atoms with Gasteiger partial charge in [0.25, 0.3) is 0 Å². The van der Waals surface area contributed by atoms with Crippen LogP contribution in [0, 0.1) is 0 Å². The minimum atomic E-state index is 0.115. The molecule has 0 spiro atoms. The van der Waals surface area contributed by atoms with E-state index in [-0.39, 0.29) is 6.10 Å². The van der Waals surface area contributed by atoms with Gasteiger partial charge in [0.05, 0.1) is 18.5 Å². The van der Waals surface area contributed by atoms with Crippen LogP contribution >= 0.6 is 0 Å². The molecule has 1 saturated heterocycles. The smallest absolute Gasteiger partial charge is 0.234 e. The van der Waals surface area contributed by atoms with E-state index >= 15 is 0 Å². The third-order valence-corrected chi connectivity index (χ3v) is 3.31. The van der Waals surface area contributed by atoms with Crippen LogP contribution in [0.3, 0.4) is 0 Å². The minimum absolute atomic E-state index is 0.115. The fraction of sp³-hybridized carbons (Fsp3) is 0.714. The predicted molar refractivity (Wildman–Crippen MR) is 80.1 cm³/mol. The highest BCUT2D eigenvalue weighted by Gasteiger charge is 2.16. The van der Waals surface area contributed by atoms with E-state index in [1.807, 2.05) is 20.0 Å². The van der Waals surface area contributed by atoms with Crippen molar-refractivity contribution in [1.82, 2.24) is 14.9 Å². The summed E-state index contributed by atoms with van der Waals surface area (Å²) in [5.74, 6) is 1.50. The Hall–Kier alpha value is -1.40. The zero-order chi connectivity index (χ0) is 14.4. The molecule has 112 valence electrons. The van der Waals surface area contributed by atoms with E-state index < -0.39 is 0 Å². The molecule has 2 N–H and O–H groups in total. The highest BCUT2D eigenvalue weighted by molar-refractivity contribution is 5.37. The van der Waals surface area contributed by atoms with E-state index in [1.165, 1.54) is 0 Å². The van der Waals surface area contributed by atoms with Gasteiger partial charge in [0.1, 0.15) is 0 Å². The maximum Gasteiger partial charge on any atom is 0.234 e. The molecule has 1 fully saturated rings. The van der Waals surface area contributed by atoms with Gasteiger partial charge in [-0.25, -0.2) is 0 Å². The van der Waals surface area contributed by atoms with Crippen LogP contribution in [0.4, 0.5) is 5.82 Å². The van der Waals surface area contributed by atoms with Crippen molar-refractivity contribution in [2.45, 2.75) is 26.4 Å². The van der Waals surface area contributed by atoms with Gasteiger partial charge >= 0.3 is 0 Å². The summed E-state index contributed by atoms with van der Waals surface area (Å²) in [5, 5.41) is 0. The highest BCUT2D eigenvalue weighted by atomic mass is 16.5. The van der Waals surface area contributed by atoms with Gasteiger partial charge in [-0.15, -0.1) is 0 Å². The molecule has 0 atom stereocenters. The van der Waals surface area contributed by atoms with Crippen LogP contribution in [0.2, 0.25) is 0 Å². The van der Waals surface area contributed by atoms with Gasteiger partial charge < -0.3 is 20.3 Å². The summed E-state index contributed by atoms with van der Waals surface area (Å²) in [7, 11) is 0. The van der Waals surface area contributed by atoms with E-state index in [9.17, 15) is 0 Å². The quantitative estimate of drug-likeness (QED) is 0.857. The summed E-state index contributed by atoms with van der Waals surface area (Å²) < 4.78 is 5.61. The second kappa shape index (κ2) is 7.40. The molecular weight excluding hydrogens is 254 g/mol. The lowest BCUT2D eigenvalue weighted by Crippen LogP contribution is -2.34. The monoisotopic (exact) mass is 279 g/mol. The van der Waals surface area contributed by atoms with Crippen LogP contribution in [0.25, 0.3) is 0 Å². The lowest BCUT2D eigenvalue weighted by atomic mass is 10.4. The Labute approximate surface area is 120 Å². The lowest BCUT2D eigenvalue weighted by molar-refractivity contribution is 0.231. The fourth-order valence-electron chi connectivity index (χ4n) is 2.40. The second-order valence-corrected chi connectivity index (χ2v) is 5.35. The Morgan fingerprint density at radius 3 is 2.85 bits per heavy atom. The topological polar surface area (TPSA) is 67.5 Å². The molecule has 2 rings (SSSR count). The van der Waals surface area contributed by atoms with Crippen molar-refractivity contribution in [2.75, 3.05) is 44.2 Å². The predicted octanol–water partition coefficient (Wildman–Crippen LogP) is 0.735. The molecule has 0 saturated carbocycles. The average Bonchev–Trinajstić information content (AvgIpc) is 2.64. The molecule has 0 amide bonds. The molecule has 1 aromatic rings. The first-order valence-electron chi connectivity index (χ1n) is 7.35. The van der Waals surface area contributed by atoms with Crippen molar-refractivity contribution >= 4 is 5.82 Å². The Morgan fingerprint density at radius 1 is 1.25 bits per heavy atom. The van der Waals surface area contributed by atoms with Crippen molar-refractivity contribution in [3.63, 3.8) is 0 Å². The number of nitrogens with zero attached hydrogens (tertiary/aromatic N) is 4. The summed E-state index contributed by atoms with van der Waals surface area (Å²) in [6.07, 6.45) is 4.72. The molecule has 20 heavy (non-hydrogen) atoms. The van der Waals surface area contributed by atoms with Gasteiger partial charge in [-0.3, -0.25) is 4.98 Å². The summed E-state index contributed by atoms with van der Waals surface area (Å²) >= 11 is 0. The molecule has 0 unspecified atom stereocenters. The van der Waals surface area contributed by atoms with Crippen LogP contribution in [-0.4, -0.2) is 60.2 Å². The van der Waals surface area contributed by atoms with E-state index in [1.54, 1.807) is 6.20 Å². The zero-order valence-electron chi connectivity index (χ0n) is 12.5. The van der Waals surface area contributed by atoms with E-state index in [4.69, 9.17) is 10.5 Å². The van der Waals surface area contributed by atoms with Crippen molar-refractivity contribution < 1.29 is 4.74 Å². The van der Waals surface area contributed by atoms with Gasteiger partial charge in [-0.2, -0.15) is 4.98 Å². The SMILES string of the molecule is CC(C)Oc1cncc(N2CCCN(CCN)CC2)n1. The summed E-state index contributed by atoms with van der Waals surface area (Å²) in [6, 6.07) is 0. The molecule has 1 aliphatic rings. The molecule has 0 radical (unpaired) electrons. The number of hydrogen-bond acceptors (Lipinski definition) is 6. The van der Waals surface area contributed by atoms with Crippen LogP contribution in [0.5, 0.6) is 5.88 Å². The number of aromatic nitrogens is 2. The lowest BCUT2D eigenvalue weighted by Gasteiger charge is -2.22. The van der Waals surface area contributed by atoms with Crippen molar-refractivity contribution in [1.29, 1.82) is 0 Å². The number of nitrogens with two attached hydrogens (primary N) is 1. The fourth-order valence-corrected chi connectivity index (χ4v) is 2.40. The van der Waals surface area contributed by atoms with Gasteiger partial charge in [0.15, 0.2) is 5.82 Å². The van der Waals surface area contributed by atoms with E-state index in [2.05, 4.69) is 19.8 Å². The number of anilines is 1. The molecule has 2 heterocycles. The van der Waals surface area contributed by atoms with Crippen LogP contribution in [0.15, 0.2) is 12.4 Å². The first-order chi connectivity index (χ1) is 9.69. The molecule has 0 aromatic carbocycles. The summed E-state index contributed by atoms with van der Waals surface area (Å²) in [6.45, 7) is 9.75. The van der Waals surface area contributed by atoms with Crippen LogP contribution < -0.4 is 15.4 Å². The minimum Gasteiger partial charge on any atom is -0.474 e. The number of hydrogen-bond donors (Lipinski definition) is 1. The molecular formula is C14H25N5O. The van der Waals surface area contributed by atoms with Gasteiger partial charge in [-0.1, -0.05) is 0 Å². The molecule has 1 aromatic heterocycles. The zero-order valence-corrected chi connectivity index (χ0v) is 12.5. The van der Waals surface area contributed by atoms with E-state index in [0.717, 1.165) is 51.5 Å². The van der Waals surface area contributed by atoms with Gasteiger partial charge in [0.2, 0.25) is 5.88 Å². The van der Waals surface area contributed by atoms with Gasteiger partial charge in [0, 0.05) is 32.7 Å². The third-order valence-electron chi connectivity index (χ3n) is 3.31. The highest BCUT2D eigenvalue weighted by Crippen LogP contribution is 2.16. The van der Waals surface area contributed by atoms with Crippen LogP contribution in [-0.2, 0) is 0 Å². The van der Waals surface area contributed by atoms with E-state index in [0.29, 0.717) is 5.88 Å². The maximum absolute atomic E-state index is 5.63. The van der Waals surface area contributed by atoms with Crippen molar-refractivity contribution in [2.24, 2.45) is 5.73 Å². The number of ether oxygens (including phenoxy) is 1. The molecule has 6 nitrogen and oxygen atoms in total. The van der Waals surface area contributed by atoms with Gasteiger partial charge in [-0.05, 0) is 26.8 Å². The third kappa shape index (κ3) is 4.31. The molecule has 1 aliphatic heterocycles. The molecule has 6 heteroatoms. The average molecular weight is 279 g/mol. The molecule has 0 aliphatic carbocycles. The Kier molecular flexibility index (Phi) is 5.55. The largest absolute Gasteiger partial charge is 0.474 e. The van der Waals surface area contributed by atoms with Crippen LogP contribution in [0.1, 0.15) is 20.3 Å². The van der Waals surface area contributed by atoms with Crippen molar-refractivity contribution in [3.05, 3.63) is 12.4 Å². The standard InChI is InChI=1S/C14H25N5O/c1-12(2)20-14-11-16-10-13(17-14)19-6-3-5-18(7-4-15)8-9-19/h10-12H,3-9,15H2,1-2H3. The summed E-state index contributed by atoms with van der Waals surface area (Å²) in [5.41, 5.74) is 5.63. The Balaban J connectivity index is 2.00. The molecule has 0 bridgehead atoms. The maximum atomic E-state index is 5.63. The first-order valence-corrected chi connectivity index (χ1v) is 7.35. The Bertz CT molecular complexity index is 412. The van der Waals surface area contributed by atoms with Crippen molar-refractivity contribution in [3.8, 4) is 5.88 Å². The summed E-state index contributed by atoms with van der Waals surface area (Å²) in [4.78, 5) is 13.5. The first kappa shape index (κ1) is 15.0. The Morgan fingerprint density at radius 2 is 2.10 bits per heavy atom. The second-order valence-electron chi connectivity index (χ2n) is 5.35. The normalized spacial score (nSPS) is 17.3.